The highest BCUT2D eigenvalue weighted by atomic mass is 32.1. The minimum atomic E-state index is 0.113. The van der Waals surface area contributed by atoms with E-state index in [1.807, 2.05) is 35.0 Å². The molecule has 0 aliphatic rings. The van der Waals surface area contributed by atoms with Gasteiger partial charge >= 0.3 is 0 Å². The molecule has 0 amide bonds. The van der Waals surface area contributed by atoms with Crippen LogP contribution in [-0.2, 0) is 0 Å². The van der Waals surface area contributed by atoms with Crippen molar-refractivity contribution in [3.05, 3.63) is 35.0 Å². The lowest BCUT2D eigenvalue weighted by atomic mass is 10.5. The largest absolute Gasteiger partial charge is 0.412 e. The van der Waals surface area contributed by atoms with Crippen molar-refractivity contribution in [1.29, 1.82) is 0 Å². The molecule has 0 fully saturated rings. The topological polar surface area (TPSA) is 129 Å². The lowest BCUT2D eigenvalue weighted by Crippen LogP contribution is -1.99. The standard InChI is InChI=1S/C14H6N8O2S2/c1-3-7(25-5-1)11-19-21-13(23-11)9-15-17-10(18-16-9)14-22-20-12(24-14)8-4-2-6-26-8/h1-6H. The Morgan fingerprint density at radius 3 is 1.35 bits per heavy atom. The Hall–Kier alpha value is -3.38. The summed E-state index contributed by atoms with van der Waals surface area (Å²) in [5.74, 6) is 1.26. The van der Waals surface area contributed by atoms with Crippen LogP contribution in [0.15, 0.2) is 43.9 Å². The van der Waals surface area contributed by atoms with Crippen molar-refractivity contribution in [3.8, 4) is 45.0 Å². The van der Waals surface area contributed by atoms with Crippen LogP contribution in [0.25, 0.3) is 45.0 Å². The van der Waals surface area contributed by atoms with Crippen LogP contribution in [0.4, 0.5) is 0 Å². The van der Waals surface area contributed by atoms with E-state index in [0.29, 0.717) is 11.8 Å². The molecule has 0 aromatic carbocycles. The van der Waals surface area contributed by atoms with E-state index in [-0.39, 0.29) is 23.4 Å². The van der Waals surface area contributed by atoms with Gasteiger partial charge in [0.25, 0.3) is 35.2 Å². The first-order chi connectivity index (χ1) is 12.9. The molecule has 5 aromatic rings. The Morgan fingerprint density at radius 2 is 0.962 bits per heavy atom. The predicted octanol–water partition coefficient (Wildman–Crippen LogP) is 2.82. The van der Waals surface area contributed by atoms with Crippen molar-refractivity contribution in [2.45, 2.75) is 0 Å². The zero-order chi connectivity index (χ0) is 17.3. The fourth-order valence-corrected chi connectivity index (χ4v) is 3.32. The average Bonchev–Trinajstić information content (AvgIpc) is 3.49. The normalized spacial score (nSPS) is 11.1. The van der Waals surface area contributed by atoms with Gasteiger partial charge in [0.2, 0.25) is 0 Å². The Balaban J connectivity index is 1.41. The third-order valence-electron chi connectivity index (χ3n) is 3.18. The van der Waals surface area contributed by atoms with Crippen LogP contribution in [0, 0.1) is 0 Å². The molecule has 0 bridgehead atoms. The summed E-state index contributed by atoms with van der Waals surface area (Å²) in [4.78, 5) is 1.71. The summed E-state index contributed by atoms with van der Waals surface area (Å²) in [5, 5.41) is 35.4. The Labute approximate surface area is 152 Å². The van der Waals surface area contributed by atoms with Gasteiger partial charge in [-0.2, -0.15) is 0 Å². The van der Waals surface area contributed by atoms with Crippen LogP contribution in [-0.4, -0.2) is 40.8 Å². The van der Waals surface area contributed by atoms with Gasteiger partial charge in [-0.05, 0) is 22.9 Å². The summed E-state index contributed by atoms with van der Waals surface area (Å²) in [6, 6.07) is 7.55. The summed E-state index contributed by atoms with van der Waals surface area (Å²) in [7, 11) is 0. The molecule has 0 aliphatic heterocycles. The molecule has 0 N–H and O–H groups in total. The third-order valence-corrected chi connectivity index (χ3v) is 4.89. The summed E-state index contributed by atoms with van der Waals surface area (Å²) >= 11 is 2.98. The zero-order valence-corrected chi connectivity index (χ0v) is 14.3. The maximum atomic E-state index is 5.55. The molecule has 5 rings (SSSR count). The highest BCUT2D eigenvalue weighted by molar-refractivity contribution is 7.13. The fourth-order valence-electron chi connectivity index (χ4n) is 2.03. The van der Waals surface area contributed by atoms with Gasteiger partial charge < -0.3 is 8.83 Å². The molecule has 5 heterocycles. The molecule has 126 valence electrons. The van der Waals surface area contributed by atoms with Crippen molar-refractivity contribution in [2.24, 2.45) is 0 Å². The number of aromatic nitrogens is 8. The Kier molecular flexibility index (Phi) is 3.54. The molecule has 0 radical (unpaired) electrons. The van der Waals surface area contributed by atoms with E-state index in [2.05, 4.69) is 40.8 Å². The lowest BCUT2D eigenvalue weighted by Gasteiger charge is -1.93. The Bertz CT molecular complexity index is 1040. The van der Waals surface area contributed by atoms with Crippen LogP contribution in [0.2, 0.25) is 0 Å². The highest BCUT2D eigenvalue weighted by Gasteiger charge is 2.18. The van der Waals surface area contributed by atoms with Gasteiger partial charge in [0, 0.05) is 0 Å². The van der Waals surface area contributed by atoms with Crippen molar-refractivity contribution >= 4 is 22.7 Å². The quantitative estimate of drug-likeness (QED) is 0.457. The monoisotopic (exact) mass is 382 g/mol. The summed E-state index contributed by atoms with van der Waals surface area (Å²) in [6.07, 6.45) is 0. The molecular formula is C14H6N8O2S2. The second kappa shape index (κ2) is 6.16. The Morgan fingerprint density at radius 1 is 0.538 bits per heavy atom. The molecule has 5 aromatic heterocycles. The molecule has 0 aliphatic carbocycles. The van der Waals surface area contributed by atoms with Gasteiger partial charge in [0.15, 0.2) is 0 Å². The van der Waals surface area contributed by atoms with Crippen molar-refractivity contribution < 1.29 is 8.83 Å². The van der Waals surface area contributed by atoms with Crippen LogP contribution in [0.3, 0.4) is 0 Å². The van der Waals surface area contributed by atoms with E-state index in [0.717, 1.165) is 9.75 Å². The van der Waals surface area contributed by atoms with E-state index in [4.69, 9.17) is 8.83 Å². The smallest absolute Gasteiger partial charge is 0.289 e. The second-order valence-electron chi connectivity index (χ2n) is 4.83. The number of thiophene rings is 2. The van der Waals surface area contributed by atoms with Crippen molar-refractivity contribution in [1.82, 2.24) is 40.8 Å². The minimum absolute atomic E-state index is 0.113. The molecular weight excluding hydrogens is 376 g/mol. The van der Waals surface area contributed by atoms with E-state index in [1.165, 1.54) is 22.7 Å². The average molecular weight is 382 g/mol. The second-order valence-corrected chi connectivity index (χ2v) is 6.72. The molecule has 26 heavy (non-hydrogen) atoms. The van der Waals surface area contributed by atoms with Crippen LogP contribution < -0.4 is 0 Å². The zero-order valence-electron chi connectivity index (χ0n) is 12.7. The van der Waals surface area contributed by atoms with Crippen LogP contribution in [0.1, 0.15) is 0 Å². The first kappa shape index (κ1) is 14.9. The van der Waals surface area contributed by atoms with E-state index in [1.54, 1.807) is 0 Å². The third kappa shape index (κ3) is 2.66. The van der Waals surface area contributed by atoms with E-state index >= 15 is 0 Å². The van der Waals surface area contributed by atoms with Crippen molar-refractivity contribution in [3.63, 3.8) is 0 Å². The molecule has 0 saturated heterocycles. The molecule has 0 unspecified atom stereocenters. The SMILES string of the molecule is c1csc(-c2nnc(-c3nnc(-c4nnc(-c5cccs5)o4)nn3)o2)c1. The summed E-state index contributed by atoms with van der Waals surface area (Å²) in [6.45, 7) is 0. The lowest BCUT2D eigenvalue weighted by molar-refractivity contribution is 0.567. The molecule has 12 heteroatoms. The summed E-state index contributed by atoms with van der Waals surface area (Å²) < 4.78 is 11.1. The first-order valence-corrected chi connectivity index (χ1v) is 8.95. The number of nitrogens with zero attached hydrogens (tertiary/aromatic N) is 8. The van der Waals surface area contributed by atoms with Gasteiger partial charge in [0.05, 0.1) is 9.75 Å². The maximum absolute atomic E-state index is 5.55. The molecule has 0 saturated carbocycles. The predicted molar refractivity (Wildman–Crippen MR) is 90.8 cm³/mol. The van der Waals surface area contributed by atoms with E-state index in [9.17, 15) is 0 Å². The van der Waals surface area contributed by atoms with Crippen molar-refractivity contribution in [2.75, 3.05) is 0 Å². The number of rotatable bonds is 4. The molecule has 0 spiro atoms. The van der Waals surface area contributed by atoms with Crippen LogP contribution >= 0.6 is 22.7 Å². The van der Waals surface area contributed by atoms with Gasteiger partial charge in [-0.25, -0.2) is 0 Å². The molecule has 10 nitrogen and oxygen atoms in total. The maximum Gasteiger partial charge on any atom is 0.289 e. The van der Waals surface area contributed by atoms with Gasteiger partial charge in [-0.1, -0.05) is 12.1 Å². The highest BCUT2D eigenvalue weighted by Crippen LogP contribution is 2.26. The van der Waals surface area contributed by atoms with Gasteiger partial charge in [0.1, 0.15) is 0 Å². The number of hydrogen-bond donors (Lipinski definition) is 0. The fraction of sp³-hybridized carbons (Fsp3) is 0. The van der Waals surface area contributed by atoms with Gasteiger partial charge in [-0.15, -0.1) is 63.5 Å². The minimum Gasteiger partial charge on any atom is -0.412 e. The van der Waals surface area contributed by atoms with E-state index < -0.39 is 0 Å². The number of hydrogen-bond acceptors (Lipinski definition) is 12. The molecule has 0 atom stereocenters. The van der Waals surface area contributed by atoms with Crippen LogP contribution in [0.5, 0.6) is 0 Å². The first-order valence-electron chi connectivity index (χ1n) is 7.20. The van der Waals surface area contributed by atoms with Gasteiger partial charge in [-0.3, -0.25) is 0 Å². The summed E-state index contributed by atoms with van der Waals surface area (Å²) in [5.41, 5.74) is 0.